The Balaban J connectivity index is 1.81. The molecule has 3 rings (SSSR count). The highest BCUT2D eigenvalue weighted by Gasteiger charge is 2.48. The second-order valence-corrected chi connectivity index (χ2v) is 7.99. The van der Waals surface area contributed by atoms with E-state index in [1.165, 1.54) is 16.8 Å². The van der Waals surface area contributed by atoms with Crippen LogP contribution >= 0.6 is 11.8 Å². The molecule has 0 radical (unpaired) electrons. The molecule has 0 aromatic heterocycles. The van der Waals surface area contributed by atoms with E-state index in [1.807, 2.05) is 30.3 Å². The maximum atomic E-state index is 11.6. The number of amidine groups is 1. The van der Waals surface area contributed by atoms with Crippen LogP contribution in [-0.4, -0.2) is 47.6 Å². The van der Waals surface area contributed by atoms with Crippen molar-refractivity contribution in [3.63, 3.8) is 0 Å². The van der Waals surface area contributed by atoms with Crippen molar-refractivity contribution < 1.29 is 8.42 Å². The monoisotopic (exact) mass is 295 g/mol. The molecular weight excluding hydrogens is 282 g/mol. The van der Waals surface area contributed by atoms with E-state index in [-0.39, 0.29) is 22.8 Å². The lowest BCUT2D eigenvalue weighted by Gasteiger charge is -2.17. The molecule has 2 fully saturated rings. The Kier molecular flexibility index (Phi) is 3.10. The molecule has 2 aliphatic rings. The molecule has 1 aromatic rings. The predicted octanol–water partition coefficient (Wildman–Crippen LogP) is 1.17. The lowest BCUT2D eigenvalue weighted by atomic mass is 10.2. The fourth-order valence-electron chi connectivity index (χ4n) is 2.29. The van der Waals surface area contributed by atoms with Gasteiger partial charge in [0.15, 0.2) is 15.0 Å². The van der Waals surface area contributed by atoms with E-state index in [1.54, 1.807) is 6.21 Å². The van der Waals surface area contributed by atoms with Crippen LogP contribution < -0.4 is 0 Å². The predicted molar refractivity (Wildman–Crippen MR) is 77.4 cm³/mol. The first-order valence-electron chi connectivity index (χ1n) is 5.89. The summed E-state index contributed by atoms with van der Waals surface area (Å²) in [5.74, 6) is 0.251. The van der Waals surface area contributed by atoms with Crippen molar-refractivity contribution in [2.45, 2.75) is 11.3 Å². The van der Waals surface area contributed by atoms with E-state index in [0.29, 0.717) is 5.17 Å². The van der Waals surface area contributed by atoms with Gasteiger partial charge >= 0.3 is 0 Å². The SMILES string of the molecule is N=C1S[C@@H]2CS(=O)(=O)C[C@@H]2N1/N=C\c1ccccc1. The molecule has 0 bridgehead atoms. The van der Waals surface area contributed by atoms with Gasteiger partial charge in [-0.3, -0.25) is 5.41 Å². The van der Waals surface area contributed by atoms with E-state index in [4.69, 9.17) is 5.41 Å². The maximum absolute atomic E-state index is 11.6. The summed E-state index contributed by atoms with van der Waals surface area (Å²) in [6, 6.07) is 9.38. The molecule has 0 spiro atoms. The largest absolute Gasteiger partial charge is 0.277 e. The van der Waals surface area contributed by atoms with E-state index in [0.717, 1.165) is 5.56 Å². The van der Waals surface area contributed by atoms with Gasteiger partial charge in [0.05, 0.1) is 23.8 Å². The zero-order valence-electron chi connectivity index (χ0n) is 10.1. The van der Waals surface area contributed by atoms with Gasteiger partial charge in [0, 0.05) is 5.25 Å². The number of rotatable bonds is 2. The molecule has 2 atom stereocenters. The highest BCUT2D eigenvalue weighted by molar-refractivity contribution is 8.15. The van der Waals surface area contributed by atoms with Gasteiger partial charge in [-0.15, -0.1) is 0 Å². The second kappa shape index (κ2) is 4.64. The Morgan fingerprint density at radius 2 is 2.05 bits per heavy atom. The molecule has 2 heterocycles. The van der Waals surface area contributed by atoms with Crippen molar-refractivity contribution in [3.05, 3.63) is 35.9 Å². The van der Waals surface area contributed by atoms with Crippen LogP contribution in [0.2, 0.25) is 0 Å². The maximum Gasteiger partial charge on any atom is 0.177 e. The molecule has 100 valence electrons. The summed E-state index contributed by atoms with van der Waals surface area (Å²) >= 11 is 1.30. The number of sulfone groups is 1. The quantitative estimate of drug-likeness (QED) is 0.831. The number of hydrogen-bond acceptors (Lipinski definition) is 5. The number of benzene rings is 1. The first kappa shape index (κ1) is 12.7. The van der Waals surface area contributed by atoms with Gasteiger partial charge in [-0.1, -0.05) is 42.1 Å². The van der Waals surface area contributed by atoms with E-state index >= 15 is 0 Å². The highest BCUT2D eigenvalue weighted by atomic mass is 32.2. The van der Waals surface area contributed by atoms with Crippen LogP contribution in [0.3, 0.4) is 0 Å². The van der Waals surface area contributed by atoms with Gasteiger partial charge < -0.3 is 0 Å². The van der Waals surface area contributed by atoms with Gasteiger partial charge in [-0.2, -0.15) is 5.10 Å². The third-order valence-electron chi connectivity index (χ3n) is 3.19. The lowest BCUT2D eigenvalue weighted by molar-refractivity contribution is 0.376. The Morgan fingerprint density at radius 3 is 2.79 bits per heavy atom. The molecule has 2 saturated heterocycles. The topological polar surface area (TPSA) is 73.6 Å². The molecule has 0 unspecified atom stereocenters. The van der Waals surface area contributed by atoms with Crippen LogP contribution in [0.5, 0.6) is 0 Å². The summed E-state index contributed by atoms with van der Waals surface area (Å²) in [5.41, 5.74) is 0.935. The lowest BCUT2D eigenvalue weighted by Crippen LogP contribution is -2.32. The molecule has 0 amide bonds. The average molecular weight is 295 g/mol. The molecule has 1 N–H and O–H groups in total. The van der Waals surface area contributed by atoms with Crippen LogP contribution in [-0.2, 0) is 9.84 Å². The number of hydrazone groups is 1. The van der Waals surface area contributed by atoms with Crippen molar-refractivity contribution in [1.82, 2.24) is 5.01 Å². The van der Waals surface area contributed by atoms with Crippen molar-refractivity contribution in [3.8, 4) is 0 Å². The van der Waals surface area contributed by atoms with Crippen LogP contribution in [0.15, 0.2) is 35.4 Å². The Morgan fingerprint density at radius 1 is 1.32 bits per heavy atom. The van der Waals surface area contributed by atoms with Crippen LogP contribution in [0.4, 0.5) is 0 Å². The number of nitrogens with one attached hydrogen (secondary N) is 1. The number of thioether (sulfide) groups is 1. The minimum Gasteiger partial charge on any atom is -0.277 e. The standard InChI is InChI=1S/C12H13N3O2S2/c13-12-15(14-6-9-4-2-1-3-5-9)10-7-19(16,17)8-11(10)18-12/h1-6,10-11,13H,7-8H2/b13-12?,14-6-/t10-,11+/m0/s1. The fraction of sp³-hybridized carbons (Fsp3) is 0.333. The Hall–Kier alpha value is -1.34. The summed E-state index contributed by atoms with van der Waals surface area (Å²) in [6.45, 7) is 0. The Labute approximate surface area is 116 Å². The first-order valence-corrected chi connectivity index (χ1v) is 8.59. The smallest absolute Gasteiger partial charge is 0.177 e. The van der Waals surface area contributed by atoms with Crippen molar-refractivity contribution >= 4 is 33.0 Å². The zero-order chi connectivity index (χ0) is 13.5. The fourth-order valence-corrected chi connectivity index (χ4v) is 6.01. The van der Waals surface area contributed by atoms with Gasteiger partial charge in [0.2, 0.25) is 0 Å². The average Bonchev–Trinajstić information content (AvgIpc) is 2.79. The minimum atomic E-state index is -2.98. The number of fused-ring (bicyclic) bond motifs is 1. The molecule has 2 aliphatic heterocycles. The molecule has 1 aromatic carbocycles. The van der Waals surface area contributed by atoms with E-state index < -0.39 is 9.84 Å². The number of nitrogens with zero attached hydrogens (tertiary/aromatic N) is 2. The van der Waals surface area contributed by atoms with Gasteiger partial charge in [0.25, 0.3) is 0 Å². The zero-order valence-corrected chi connectivity index (χ0v) is 11.7. The van der Waals surface area contributed by atoms with Crippen LogP contribution in [0.25, 0.3) is 0 Å². The molecule has 0 aliphatic carbocycles. The molecule has 19 heavy (non-hydrogen) atoms. The van der Waals surface area contributed by atoms with Crippen molar-refractivity contribution in [2.75, 3.05) is 11.5 Å². The molecular formula is C12H13N3O2S2. The third-order valence-corrected chi connectivity index (χ3v) is 6.31. The molecule has 7 heteroatoms. The normalized spacial score (nSPS) is 29.1. The van der Waals surface area contributed by atoms with E-state index in [2.05, 4.69) is 5.10 Å². The van der Waals surface area contributed by atoms with Gasteiger partial charge in [-0.05, 0) is 5.56 Å². The summed E-state index contributed by atoms with van der Waals surface area (Å²) in [4.78, 5) is 0. The van der Waals surface area contributed by atoms with Crippen molar-refractivity contribution in [1.29, 1.82) is 5.41 Å². The number of hydrogen-bond donors (Lipinski definition) is 1. The Bertz CT molecular complexity index is 628. The summed E-state index contributed by atoms with van der Waals surface area (Å²) in [7, 11) is -2.98. The summed E-state index contributed by atoms with van der Waals surface area (Å²) in [6.07, 6.45) is 1.67. The van der Waals surface area contributed by atoms with Crippen molar-refractivity contribution in [2.24, 2.45) is 5.10 Å². The summed E-state index contributed by atoms with van der Waals surface area (Å²) < 4.78 is 23.2. The molecule has 5 nitrogen and oxygen atoms in total. The van der Waals surface area contributed by atoms with Gasteiger partial charge in [0.1, 0.15) is 0 Å². The minimum absolute atomic E-state index is 0.0505. The highest BCUT2D eigenvalue weighted by Crippen LogP contribution is 2.37. The van der Waals surface area contributed by atoms with E-state index in [9.17, 15) is 8.42 Å². The van der Waals surface area contributed by atoms with Crippen LogP contribution in [0.1, 0.15) is 5.56 Å². The van der Waals surface area contributed by atoms with Crippen LogP contribution in [0, 0.1) is 5.41 Å². The first-order chi connectivity index (χ1) is 9.05. The summed E-state index contributed by atoms with van der Waals surface area (Å²) in [5, 5.41) is 14.0. The second-order valence-electron chi connectivity index (χ2n) is 4.61. The molecule has 0 saturated carbocycles. The van der Waals surface area contributed by atoms with Gasteiger partial charge in [-0.25, -0.2) is 13.4 Å². The third kappa shape index (κ3) is 2.52.